The number of nitriles is 1. The van der Waals surface area contributed by atoms with Crippen LogP contribution < -0.4 is 5.73 Å². The third-order valence-corrected chi connectivity index (χ3v) is 6.94. The smallest absolute Gasteiger partial charge is 0.179 e. The number of hydrogen-bond acceptors (Lipinski definition) is 7. The van der Waals surface area contributed by atoms with Crippen molar-refractivity contribution in [2.45, 2.75) is 6.54 Å². The maximum atomic E-state index is 13.4. The van der Waals surface area contributed by atoms with Crippen LogP contribution in [0.25, 0.3) is 39.2 Å². The summed E-state index contributed by atoms with van der Waals surface area (Å²) in [7, 11) is 0. The fourth-order valence-electron chi connectivity index (χ4n) is 4.93. The van der Waals surface area contributed by atoms with E-state index in [1.807, 2.05) is 35.1 Å². The average Bonchev–Trinajstić information content (AvgIpc) is 3.33. The topological polar surface area (TPSA) is 99.4 Å². The Hall–Kier alpha value is -4.81. The summed E-state index contributed by atoms with van der Waals surface area (Å²) in [6, 6.07) is 15.4. The molecular weight excluding hydrogens is 479 g/mol. The van der Waals surface area contributed by atoms with Crippen LogP contribution in [0.4, 0.5) is 10.2 Å². The monoisotopic (exact) mass is 504 g/mol. The molecule has 0 amide bonds. The van der Waals surface area contributed by atoms with Crippen molar-refractivity contribution in [2.24, 2.45) is 0 Å². The van der Waals surface area contributed by atoms with Crippen molar-refractivity contribution in [1.82, 2.24) is 29.2 Å². The highest BCUT2D eigenvalue weighted by Crippen LogP contribution is 2.39. The lowest BCUT2D eigenvalue weighted by molar-refractivity contribution is 0.167. The first kappa shape index (κ1) is 23.6. The Balaban J connectivity index is 1.38. The summed E-state index contributed by atoms with van der Waals surface area (Å²) in [5.41, 5.74) is 13.5. The van der Waals surface area contributed by atoms with E-state index >= 15 is 0 Å². The summed E-state index contributed by atoms with van der Waals surface area (Å²) in [5, 5.41) is 9.09. The second-order valence-electron chi connectivity index (χ2n) is 9.34. The summed E-state index contributed by atoms with van der Waals surface area (Å²) < 4.78 is 15.4. The number of nitrogens with two attached hydrogens (primary N) is 1. The van der Waals surface area contributed by atoms with Gasteiger partial charge < -0.3 is 15.0 Å². The van der Waals surface area contributed by atoms with E-state index in [0.717, 1.165) is 60.5 Å². The molecule has 5 heterocycles. The number of hydrogen-bond donors (Lipinski definition) is 1. The van der Waals surface area contributed by atoms with Crippen molar-refractivity contribution < 1.29 is 4.39 Å². The molecule has 0 aliphatic carbocycles. The number of pyridine rings is 2. The fourth-order valence-corrected chi connectivity index (χ4v) is 4.93. The predicted molar refractivity (Wildman–Crippen MR) is 144 cm³/mol. The fraction of sp³-hybridized carbons (Fsp3) is 0.172. The number of benzene rings is 1. The van der Waals surface area contributed by atoms with Gasteiger partial charge in [-0.2, -0.15) is 5.26 Å². The van der Waals surface area contributed by atoms with Crippen LogP contribution >= 0.6 is 0 Å². The van der Waals surface area contributed by atoms with E-state index in [1.165, 1.54) is 17.8 Å². The molecule has 0 radical (unpaired) electrons. The van der Waals surface area contributed by atoms with Crippen LogP contribution in [0.2, 0.25) is 0 Å². The van der Waals surface area contributed by atoms with Crippen LogP contribution in [0.5, 0.6) is 0 Å². The number of rotatable bonds is 5. The number of fused-ring (bicyclic) bond motifs is 1. The Morgan fingerprint density at radius 1 is 0.868 bits per heavy atom. The molecule has 0 bridgehead atoms. The van der Waals surface area contributed by atoms with Crippen LogP contribution in [0.15, 0.2) is 79.5 Å². The van der Waals surface area contributed by atoms with Crippen LogP contribution in [0.1, 0.15) is 5.56 Å². The maximum Gasteiger partial charge on any atom is 0.179 e. The second-order valence-corrected chi connectivity index (χ2v) is 9.34. The van der Waals surface area contributed by atoms with Crippen molar-refractivity contribution in [2.75, 3.05) is 31.9 Å². The van der Waals surface area contributed by atoms with Crippen molar-refractivity contribution in [3.8, 4) is 39.8 Å². The van der Waals surface area contributed by atoms with Gasteiger partial charge >= 0.3 is 0 Å². The summed E-state index contributed by atoms with van der Waals surface area (Å²) in [6.45, 7) is 4.13. The molecule has 1 fully saturated rings. The molecule has 1 saturated heterocycles. The zero-order valence-electron chi connectivity index (χ0n) is 20.6. The molecule has 6 rings (SSSR count). The summed E-state index contributed by atoms with van der Waals surface area (Å²) >= 11 is 0. The molecule has 9 heteroatoms. The molecule has 0 spiro atoms. The average molecular weight is 505 g/mol. The van der Waals surface area contributed by atoms with Crippen LogP contribution in [0, 0.1) is 17.3 Å². The number of piperazine rings is 1. The largest absolute Gasteiger partial charge is 0.383 e. The Morgan fingerprint density at radius 3 is 2.37 bits per heavy atom. The van der Waals surface area contributed by atoms with Gasteiger partial charge in [0.1, 0.15) is 17.3 Å². The van der Waals surface area contributed by atoms with Gasteiger partial charge in [-0.25, -0.2) is 9.37 Å². The van der Waals surface area contributed by atoms with E-state index in [0.29, 0.717) is 17.2 Å². The van der Waals surface area contributed by atoms with Gasteiger partial charge in [0.05, 0.1) is 23.6 Å². The van der Waals surface area contributed by atoms with Crippen LogP contribution in [-0.4, -0.2) is 55.3 Å². The molecule has 2 N–H and O–H groups in total. The molecule has 1 aliphatic heterocycles. The lowest BCUT2D eigenvalue weighted by atomic mass is 9.97. The highest BCUT2D eigenvalue weighted by atomic mass is 19.1. The number of halogens is 1. The third kappa shape index (κ3) is 4.53. The van der Waals surface area contributed by atoms with Gasteiger partial charge in [0.25, 0.3) is 0 Å². The molecule has 1 aliphatic rings. The number of nitrogens with zero attached hydrogens (tertiary/aromatic N) is 7. The predicted octanol–water partition coefficient (Wildman–Crippen LogP) is 4.45. The van der Waals surface area contributed by atoms with Gasteiger partial charge in [0.15, 0.2) is 6.19 Å². The van der Waals surface area contributed by atoms with Crippen LogP contribution in [0.3, 0.4) is 0 Å². The number of nitrogen functional groups attached to an aromatic ring is 1. The lowest BCUT2D eigenvalue weighted by Crippen LogP contribution is -2.43. The Kier molecular flexibility index (Phi) is 6.15. The van der Waals surface area contributed by atoms with E-state index < -0.39 is 0 Å². The molecule has 38 heavy (non-hydrogen) atoms. The van der Waals surface area contributed by atoms with Crippen LogP contribution in [-0.2, 0) is 6.54 Å². The molecular formula is C29H25FN8. The quantitative estimate of drug-likeness (QED) is 0.353. The van der Waals surface area contributed by atoms with Gasteiger partial charge in [-0.1, -0.05) is 24.3 Å². The number of aromatic nitrogens is 4. The standard InChI is InChI=1S/C29H25FN8/c30-22-7-8-25(34-14-22)26-18-38-17-24(23-2-1-9-33-29(23)32)28(27(38)15-35-26)21-5-3-20(4-6-21)16-36-10-12-37(19-31)13-11-36/h1-9,14-15,17-18H,10-13,16H2,(H2,32,33). The SMILES string of the molecule is N#CN1CCN(Cc2ccc(-c3c(-c4cccnc4N)cn4cc(-c5ccc(F)cn5)ncc34)cc2)CC1. The third-order valence-electron chi connectivity index (χ3n) is 6.94. The van der Waals surface area contributed by atoms with E-state index in [1.54, 1.807) is 17.2 Å². The van der Waals surface area contributed by atoms with Gasteiger partial charge in [0, 0.05) is 68.0 Å². The van der Waals surface area contributed by atoms with Gasteiger partial charge in [-0.15, -0.1) is 0 Å². The highest BCUT2D eigenvalue weighted by Gasteiger charge is 2.19. The van der Waals surface area contributed by atoms with Gasteiger partial charge in [0.2, 0.25) is 0 Å². The minimum absolute atomic E-state index is 0.389. The van der Waals surface area contributed by atoms with Crippen molar-refractivity contribution >= 4 is 11.3 Å². The summed E-state index contributed by atoms with van der Waals surface area (Å²) in [5.74, 6) is 0.0615. The van der Waals surface area contributed by atoms with E-state index in [-0.39, 0.29) is 5.82 Å². The molecule has 0 atom stereocenters. The minimum Gasteiger partial charge on any atom is -0.383 e. The van der Waals surface area contributed by atoms with E-state index in [4.69, 9.17) is 11.0 Å². The van der Waals surface area contributed by atoms with E-state index in [9.17, 15) is 4.39 Å². The van der Waals surface area contributed by atoms with Crippen molar-refractivity contribution in [3.63, 3.8) is 0 Å². The summed E-state index contributed by atoms with van der Waals surface area (Å²) in [6.07, 6.45) is 10.8. The molecule has 1 aromatic carbocycles. The molecule has 4 aromatic heterocycles. The molecule has 0 saturated carbocycles. The molecule has 5 aromatic rings. The number of anilines is 1. The first-order valence-electron chi connectivity index (χ1n) is 12.4. The van der Waals surface area contributed by atoms with Crippen molar-refractivity contribution in [3.05, 3.63) is 90.9 Å². The van der Waals surface area contributed by atoms with Crippen molar-refractivity contribution in [1.29, 1.82) is 5.26 Å². The maximum absolute atomic E-state index is 13.4. The first-order valence-corrected chi connectivity index (χ1v) is 12.4. The Bertz CT molecular complexity index is 1630. The molecule has 8 nitrogen and oxygen atoms in total. The normalized spacial score (nSPS) is 14.1. The minimum atomic E-state index is -0.389. The van der Waals surface area contributed by atoms with Gasteiger partial charge in [-0.3, -0.25) is 14.9 Å². The van der Waals surface area contributed by atoms with Gasteiger partial charge in [-0.05, 0) is 35.4 Å². The van der Waals surface area contributed by atoms with E-state index in [2.05, 4.69) is 50.3 Å². The molecule has 0 unspecified atom stereocenters. The zero-order chi connectivity index (χ0) is 26.1. The molecule has 188 valence electrons. The highest BCUT2D eigenvalue weighted by molar-refractivity contribution is 5.96. The first-order chi connectivity index (χ1) is 18.6. The Labute approximate surface area is 219 Å². The lowest BCUT2D eigenvalue weighted by Gasteiger charge is -2.31. The second kappa shape index (κ2) is 9.92. The Morgan fingerprint density at radius 2 is 1.66 bits per heavy atom. The summed E-state index contributed by atoms with van der Waals surface area (Å²) in [4.78, 5) is 17.3. The zero-order valence-corrected chi connectivity index (χ0v) is 20.6.